The Morgan fingerprint density at radius 2 is 1.72 bits per heavy atom. The molecule has 32 heavy (non-hydrogen) atoms. The molecule has 8 heteroatoms. The number of Topliss-reactive ketones (excluding diaryl/α,β-unsaturated/α-hetero) is 2. The van der Waals surface area contributed by atoms with Crippen molar-refractivity contribution < 1.29 is 18.0 Å². The minimum Gasteiger partial charge on any atom is -0.298 e. The number of rotatable bonds is 4. The summed E-state index contributed by atoms with van der Waals surface area (Å²) in [7, 11) is -3.30. The molecule has 0 unspecified atom stereocenters. The lowest BCUT2D eigenvalue weighted by molar-refractivity contribution is -0.140. The van der Waals surface area contributed by atoms with Crippen LogP contribution in [-0.2, 0) is 19.6 Å². The number of aryl methyl sites for hydroxylation is 2. The summed E-state index contributed by atoms with van der Waals surface area (Å²) in [4.78, 5) is 30.6. The van der Waals surface area contributed by atoms with E-state index in [1.165, 1.54) is 10.5 Å². The van der Waals surface area contributed by atoms with Gasteiger partial charge in [0.25, 0.3) is 0 Å². The molecule has 1 aromatic heterocycles. The van der Waals surface area contributed by atoms with Gasteiger partial charge in [-0.25, -0.2) is 12.7 Å². The fraction of sp³-hybridized carbons (Fsp3) is 0.417. The van der Waals surface area contributed by atoms with Gasteiger partial charge in [0.2, 0.25) is 10.0 Å². The van der Waals surface area contributed by atoms with E-state index in [0.717, 1.165) is 22.3 Å². The normalized spacial score (nSPS) is 19.1. The maximum atomic E-state index is 13.1. The molecule has 0 atom stereocenters. The van der Waals surface area contributed by atoms with Crippen LogP contribution in [0.3, 0.4) is 0 Å². The minimum absolute atomic E-state index is 0.0203. The van der Waals surface area contributed by atoms with E-state index in [9.17, 15) is 18.0 Å². The summed E-state index contributed by atoms with van der Waals surface area (Å²) in [6, 6.07) is 9.36. The van der Waals surface area contributed by atoms with Gasteiger partial charge in [-0.3, -0.25) is 14.6 Å². The summed E-state index contributed by atoms with van der Waals surface area (Å²) in [5.41, 5.74) is 3.93. The Balaban J connectivity index is 1.59. The molecule has 0 N–H and O–H groups in total. The van der Waals surface area contributed by atoms with Crippen LogP contribution in [-0.4, -0.2) is 48.1 Å². The highest BCUT2D eigenvalue weighted by molar-refractivity contribution is 7.89. The predicted molar refractivity (Wildman–Crippen MR) is 119 cm³/mol. The highest BCUT2D eigenvalue weighted by Gasteiger charge is 2.54. The van der Waals surface area contributed by atoms with E-state index < -0.39 is 21.4 Å². The van der Waals surface area contributed by atoms with Gasteiger partial charge in [0.15, 0.2) is 0 Å². The van der Waals surface area contributed by atoms with Crippen LogP contribution in [0.1, 0.15) is 47.9 Å². The van der Waals surface area contributed by atoms with E-state index >= 15 is 0 Å². The van der Waals surface area contributed by atoms with Crippen molar-refractivity contribution in [3.05, 3.63) is 52.7 Å². The van der Waals surface area contributed by atoms with Gasteiger partial charge >= 0.3 is 0 Å². The van der Waals surface area contributed by atoms with Crippen molar-refractivity contribution in [3.8, 4) is 17.3 Å². The Kier molecular flexibility index (Phi) is 5.51. The second-order valence-electron chi connectivity index (χ2n) is 8.96. The standard InChI is InChI=1S/C24H25N3O4S/c1-4-32(30,31)27-13-24(14-27)9-20(28)23(21(29)10-24)22-15(2)7-18(8-16(22)3)19-6-5-17(11-25)12-26-19/h5-8,12,23H,4,9-10,13-14H2,1-3H3. The van der Waals surface area contributed by atoms with E-state index in [4.69, 9.17) is 5.26 Å². The SMILES string of the molecule is CCS(=O)(=O)N1CC2(CC(=O)C(c3c(C)cc(-c4ccc(C#N)cn4)cc3C)C(=O)C2)C1. The molecule has 1 aromatic carbocycles. The molecule has 2 heterocycles. The lowest BCUT2D eigenvalue weighted by Gasteiger charge is -2.51. The lowest BCUT2D eigenvalue weighted by atomic mass is 9.63. The molecule has 166 valence electrons. The molecule has 0 bridgehead atoms. The van der Waals surface area contributed by atoms with Crippen molar-refractivity contribution in [2.24, 2.45) is 5.41 Å². The summed E-state index contributed by atoms with van der Waals surface area (Å²) < 4.78 is 25.5. The molecule has 1 aliphatic carbocycles. The molecular weight excluding hydrogens is 426 g/mol. The minimum atomic E-state index is -3.30. The molecule has 0 radical (unpaired) electrons. The second kappa shape index (κ2) is 7.91. The second-order valence-corrected chi connectivity index (χ2v) is 11.2. The predicted octanol–water partition coefficient (Wildman–Crippen LogP) is 2.90. The molecule has 1 saturated heterocycles. The zero-order valence-corrected chi connectivity index (χ0v) is 19.2. The number of aromatic nitrogens is 1. The Labute approximate surface area is 188 Å². The number of nitrogens with zero attached hydrogens (tertiary/aromatic N) is 3. The molecule has 7 nitrogen and oxygen atoms in total. The van der Waals surface area contributed by atoms with E-state index in [2.05, 4.69) is 4.98 Å². The van der Waals surface area contributed by atoms with Crippen LogP contribution in [0.25, 0.3) is 11.3 Å². The molecule has 1 saturated carbocycles. The average molecular weight is 452 g/mol. The first-order valence-corrected chi connectivity index (χ1v) is 12.2. The molecule has 1 aliphatic heterocycles. The smallest absolute Gasteiger partial charge is 0.213 e. The quantitative estimate of drug-likeness (QED) is 0.662. The van der Waals surface area contributed by atoms with E-state index in [1.807, 2.05) is 32.0 Å². The van der Waals surface area contributed by atoms with Crippen molar-refractivity contribution in [2.75, 3.05) is 18.8 Å². The van der Waals surface area contributed by atoms with Gasteiger partial charge in [-0.2, -0.15) is 5.26 Å². The van der Waals surface area contributed by atoms with Gasteiger partial charge in [-0.1, -0.05) is 0 Å². The van der Waals surface area contributed by atoms with Crippen LogP contribution >= 0.6 is 0 Å². The van der Waals surface area contributed by atoms with Crippen LogP contribution in [0.2, 0.25) is 0 Å². The van der Waals surface area contributed by atoms with Gasteiger partial charge in [0.1, 0.15) is 23.6 Å². The Morgan fingerprint density at radius 3 is 2.19 bits per heavy atom. The summed E-state index contributed by atoms with van der Waals surface area (Å²) >= 11 is 0. The Morgan fingerprint density at radius 1 is 1.12 bits per heavy atom. The highest BCUT2D eigenvalue weighted by atomic mass is 32.2. The number of hydrogen-bond donors (Lipinski definition) is 0. The first-order valence-electron chi connectivity index (χ1n) is 10.6. The van der Waals surface area contributed by atoms with Gasteiger partial charge < -0.3 is 0 Å². The molecule has 2 aliphatic rings. The first kappa shape index (κ1) is 22.3. The zero-order valence-electron chi connectivity index (χ0n) is 18.4. The number of carbonyl (C=O) groups excluding carboxylic acids is 2. The van der Waals surface area contributed by atoms with Crippen molar-refractivity contribution in [3.63, 3.8) is 0 Å². The van der Waals surface area contributed by atoms with Crippen molar-refractivity contribution >= 4 is 21.6 Å². The van der Waals surface area contributed by atoms with Gasteiger partial charge in [0.05, 0.1) is 17.0 Å². The Hall–Kier alpha value is -2.89. The third kappa shape index (κ3) is 3.76. The molecule has 1 spiro atoms. The largest absolute Gasteiger partial charge is 0.298 e. The number of hydrogen-bond acceptors (Lipinski definition) is 6. The first-order chi connectivity index (χ1) is 15.1. The fourth-order valence-corrected chi connectivity index (χ4v) is 6.33. The van der Waals surface area contributed by atoms with Crippen LogP contribution in [0.15, 0.2) is 30.5 Å². The topological polar surface area (TPSA) is 108 Å². The van der Waals surface area contributed by atoms with Crippen LogP contribution in [0.4, 0.5) is 0 Å². The summed E-state index contributed by atoms with van der Waals surface area (Å²) in [5.74, 6) is -1.05. The van der Waals surface area contributed by atoms with E-state index in [0.29, 0.717) is 11.3 Å². The zero-order chi connectivity index (χ0) is 23.3. The number of ketones is 2. The van der Waals surface area contributed by atoms with Gasteiger partial charge in [-0.05, 0) is 61.7 Å². The lowest BCUT2D eigenvalue weighted by Crippen LogP contribution is -2.62. The number of nitriles is 1. The van der Waals surface area contributed by atoms with E-state index in [-0.39, 0.29) is 43.3 Å². The van der Waals surface area contributed by atoms with Crippen molar-refractivity contribution in [1.29, 1.82) is 5.26 Å². The number of sulfonamides is 1. The molecule has 4 rings (SSSR count). The molecule has 0 amide bonds. The molecule has 2 aromatic rings. The maximum absolute atomic E-state index is 13.1. The van der Waals surface area contributed by atoms with Crippen molar-refractivity contribution in [2.45, 2.75) is 39.5 Å². The fourth-order valence-electron chi connectivity index (χ4n) is 5.02. The van der Waals surface area contributed by atoms with Crippen LogP contribution < -0.4 is 0 Å². The summed E-state index contributed by atoms with van der Waals surface area (Å²) in [6.45, 7) is 5.86. The summed E-state index contributed by atoms with van der Waals surface area (Å²) in [5, 5.41) is 8.96. The highest BCUT2D eigenvalue weighted by Crippen LogP contribution is 2.47. The number of benzene rings is 1. The molecular formula is C24H25N3O4S. The monoisotopic (exact) mass is 451 g/mol. The third-order valence-corrected chi connectivity index (χ3v) is 8.37. The summed E-state index contributed by atoms with van der Waals surface area (Å²) in [6.07, 6.45) is 1.95. The number of pyridine rings is 1. The Bertz CT molecular complexity index is 1210. The average Bonchev–Trinajstić information content (AvgIpc) is 2.73. The van der Waals surface area contributed by atoms with Crippen LogP contribution in [0.5, 0.6) is 0 Å². The van der Waals surface area contributed by atoms with Gasteiger partial charge in [0, 0.05) is 43.1 Å². The maximum Gasteiger partial charge on any atom is 0.213 e. The van der Waals surface area contributed by atoms with Crippen LogP contribution in [0, 0.1) is 30.6 Å². The van der Waals surface area contributed by atoms with E-state index in [1.54, 1.807) is 19.1 Å². The van der Waals surface area contributed by atoms with Crippen molar-refractivity contribution in [1.82, 2.24) is 9.29 Å². The third-order valence-electron chi connectivity index (χ3n) is 6.59. The molecule has 2 fully saturated rings. The van der Waals surface area contributed by atoms with Gasteiger partial charge in [-0.15, -0.1) is 0 Å². The number of carbonyl (C=O) groups is 2.